The van der Waals surface area contributed by atoms with Crippen LogP contribution < -0.4 is 5.73 Å². The largest absolute Gasteiger partial charge is 0.375 e. The summed E-state index contributed by atoms with van der Waals surface area (Å²) in [6.07, 6.45) is 0. The average molecular weight is 313 g/mol. The Morgan fingerprint density at radius 3 is 2.74 bits per heavy atom. The van der Waals surface area contributed by atoms with Gasteiger partial charge in [-0.25, -0.2) is 4.39 Å². The Balaban J connectivity index is 1.59. The van der Waals surface area contributed by atoms with Gasteiger partial charge in [0.2, 0.25) is 11.7 Å². The molecule has 5 nitrogen and oxygen atoms in total. The van der Waals surface area contributed by atoms with E-state index in [1.807, 2.05) is 30.3 Å². The third-order valence-electron chi connectivity index (χ3n) is 3.25. The molecular weight excluding hydrogens is 297 g/mol. The monoisotopic (exact) mass is 313 g/mol. The number of rotatable bonds is 6. The van der Waals surface area contributed by atoms with Gasteiger partial charge < -0.3 is 15.0 Å². The van der Waals surface area contributed by atoms with Crippen molar-refractivity contribution in [3.63, 3.8) is 0 Å². The van der Waals surface area contributed by atoms with Gasteiger partial charge in [0.05, 0.1) is 13.2 Å². The second-order valence-electron chi connectivity index (χ2n) is 5.07. The highest BCUT2D eigenvalue weighted by Crippen LogP contribution is 2.19. The highest BCUT2D eigenvalue weighted by atomic mass is 19.1. The number of halogens is 1. The van der Waals surface area contributed by atoms with Gasteiger partial charge in [0, 0.05) is 5.56 Å². The Morgan fingerprint density at radius 1 is 1.13 bits per heavy atom. The molecular formula is C17H16FN3O2. The summed E-state index contributed by atoms with van der Waals surface area (Å²) in [7, 11) is 0. The SMILES string of the molecule is NC(COCc1ccccc1)c1nc(-c2cccc(F)c2)no1. The van der Waals surface area contributed by atoms with E-state index in [9.17, 15) is 4.39 Å². The summed E-state index contributed by atoms with van der Waals surface area (Å²) in [6, 6.07) is 15.2. The van der Waals surface area contributed by atoms with Gasteiger partial charge >= 0.3 is 0 Å². The minimum absolute atomic E-state index is 0.250. The van der Waals surface area contributed by atoms with Crippen LogP contribution in [0.4, 0.5) is 4.39 Å². The maximum absolute atomic E-state index is 13.2. The molecule has 1 atom stereocenters. The number of benzene rings is 2. The van der Waals surface area contributed by atoms with Crippen LogP contribution in [-0.2, 0) is 11.3 Å². The Labute approximate surface area is 132 Å². The van der Waals surface area contributed by atoms with Gasteiger partial charge in [-0.1, -0.05) is 47.6 Å². The van der Waals surface area contributed by atoms with E-state index in [4.69, 9.17) is 15.0 Å². The van der Waals surface area contributed by atoms with Gasteiger partial charge in [0.25, 0.3) is 0 Å². The van der Waals surface area contributed by atoms with Crippen LogP contribution in [0, 0.1) is 5.82 Å². The summed E-state index contributed by atoms with van der Waals surface area (Å²) in [5, 5.41) is 3.83. The van der Waals surface area contributed by atoms with Gasteiger partial charge in [0.15, 0.2) is 0 Å². The molecule has 3 rings (SSSR count). The molecule has 118 valence electrons. The van der Waals surface area contributed by atoms with Crippen molar-refractivity contribution in [3.8, 4) is 11.4 Å². The first-order valence-electron chi connectivity index (χ1n) is 7.19. The van der Waals surface area contributed by atoms with Gasteiger partial charge in [0.1, 0.15) is 11.9 Å². The van der Waals surface area contributed by atoms with Crippen molar-refractivity contribution >= 4 is 0 Å². The molecule has 0 saturated heterocycles. The van der Waals surface area contributed by atoms with Crippen LogP contribution >= 0.6 is 0 Å². The van der Waals surface area contributed by atoms with Gasteiger partial charge in [-0.3, -0.25) is 0 Å². The summed E-state index contributed by atoms with van der Waals surface area (Å²) in [4.78, 5) is 4.20. The zero-order valence-electron chi connectivity index (χ0n) is 12.4. The van der Waals surface area contributed by atoms with Gasteiger partial charge in [-0.2, -0.15) is 4.98 Å². The fourth-order valence-electron chi connectivity index (χ4n) is 2.08. The summed E-state index contributed by atoms with van der Waals surface area (Å²) >= 11 is 0. The maximum Gasteiger partial charge on any atom is 0.246 e. The predicted octanol–water partition coefficient (Wildman–Crippen LogP) is 3.09. The molecule has 0 fully saturated rings. The minimum Gasteiger partial charge on any atom is -0.375 e. The first kappa shape index (κ1) is 15.3. The lowest BCUT2D eigenvalue weighted by Crippen LogP contribution is -2.17. The van der Waals surface area contributed by atoms with Gasteiger partial charge in [-0.15, -0.1) is 0 Å². The predicted molar refractivity (Wildman–Crippen MR) is 82.7 cm³/mol. The van der Waals surface area contributed by atoms with Crippen molar-refractivity contribution in [3.05, 3.63) is 71.9 Å². The Bertz CT molecular complexity index is 761. The first-order valence-corrected chi connectivity index (χ1v) is 7.19. The molecule has 1 heterocycles. The Kier molecular flexibility index (Phi) is 4.75. The fraction of sp³-hybridized carbons (Fsp3) is 0.176. The maximum atomic E-state index is 13.2. The molecule has 0 spiro atoms. The fourth-order valence-corrected chi connectivity index (χ4v) is 2.08. The van der Waals surface area contributed by atoms with Gasteiger partial charge in [-0.05, 0) is 17.7 Å². The second kappa shape index (κ2) is 7.13. The van der Waals surface area contributed by atoms with E-state index in [2.05, 4.69) is 10.1 Å². The van der Waals surface area contributed by atoms with Crippen molar-refractivity contribution < 1.29 is 13.7 Å². The minimum atomic E-state index is -0.534. The van der Waals surface area contributed by atoms with Crippen LogP contribution in [-0.4, -0.2) is 16.7 Å². The highest BCUT2D eigenvalue weighted by Gasteiger charge is 2.16. The number of nitrogens with two attached hydrogens (primary N) is 1. The standard InChI is InChI=1S/C17H16FN3O2/c18-14-8-4-7-13(9-14)16-20-17(23-21-16)15(19)11-22-10-12-5-2-1-3-6-12/h1-9,15H,10-11,19H2. The normalized spacial score (nSPS) is 12.3. The van der Waals surface area contributed by atoms with E-state index in [1.54, 1.807) is 12.1 Å². The van der Waals surface area contributed by atoms with E-state index in [0.29, 0.717) is 18.0 Å². The molecule has 0 aliphatic heterocycles. The third kappa shape index (κ3) is 4.00. The van der Waals surface area contributed by atoms with Crippen LogP contribution in [0.5, 0.6) is 0 Å². The van der Waals surface area contributed by atoms with E-state index in [0.717, 1.165) is 5.56 Å². The third-order valence-corrected chi connectivity index (χ3v) is 3.25. The highest BCUT2D eigenvalue weighted by molar-refractivity contribution is 5.53. The summed E-state index contributed by atoms with van der Waals surface area (Å²) in [5.74, 6) is 0.208. The molecule has 0 aliphatic carbocycles. The van der Waals surface area contributed by atoms with Crippen molar-refractivity contribution in [2.45, 2.75) is 12.6 Å². The molecule has 6 heteroatoms. The summed E-state index contributed by atoms with van der Waals surface area (Å²) in [5.41, 5.74) is 7.59. The van der Waals surface area contributed by atoms with Crippen LogP contribution in [0.1, 0.15) is 17.5 Å². The molecule has 23 heavy (non-hydrogen) atoms. The molecule has 0 bridgehead atoms. The molecule has 0 amide bonds. The van der Waals surface area contributed by atoms with Crippen molar-refractivity contribution in [2.24, 2.45) is 5.73 Å². The van der Waals surface area contributed by atoms with Crippen LogP contribution in [0.25, 0.3) is 11.4 Å². The molecule has 1 unspecified atom stereocenters. The van der Waals surface area contributed by atoms with Crippen molar-refractivity contribution in [1.82, 2.24) is 10.1 Å². The molecule has 3 aromatic rings. The number of aromatic nitrogens is 2. The first-order chi connectivity index (χ1) is 11.2. The lowest BCUT2D eigenvalue weighted by molar-refractivity contribution is 0.0997. The lowest BCUT2D eigenvalue weighted by Gasteiger charge is -2.08. The topological polar surface area (TPSA) is 74.2 Å². The summed E-state index contributed by atoms with van der Waals surface area (Å²) in [6.45, 7) is 0.707. The van der Waals surface area contributed by atoms with Crippen LogP contribution in [0.15, 0.2) is 59.1 Å². The molecule has 1 aromatic heterocycles. The molecule has 0 radical (unpaired) electrons. The molecule has 0 saturated carbocycles. The van der Waals surface area contributed by atoms with E-state index in [-0.39, 0.29) is 18.3 Å². The molecule has 0 aliphatic rings. The Morgan fingerprint density at radius 2 is 1.96 bits per heavy atom. The number of hydrogen-bond acceptors (Lipinski definition) is 5. The number of nitrogens with zero attached hydrogens (tertiary/aromatic N) is 2. The van der Waals surface area contributed by atoms with E-state index < -0.39 is 6.04 Å². The van der Waals surface area contributed by atoms with E-state index >= 15 is 0 Å². The number of hydrogen-bond donors (Lipinski definition) is 1. The lowest BCUT2D eigenvalue weighted by atomic mass is 10.2. The second-order valence-corrected chi connectivity index (χ2v) is 5.07. The quantitative estimate of drug-likeness (QED) is 0.757. The zero-order chi connectivity index (χ0) is 16.1. The zero-order valence-corrected chi connectivity index (χ0v) is 12.4. The van der Waals surface area contributed by atoms with E-state index in [1.165, 1.54) is 12.1 Å². The number of ether oxygens (including phenoxy) is 1. The Hall–Kier alpha value is -2.57. The van der Waals surface area contributed by atoms with Crippen LogP contribution in [0.3, 0.4) is 0 Å². The van der Waals surface area contributed by atoms with Crippen molar-refractivity contribution in [2.75, 3.05) is 6.61 Å². The summed E-state index contributed by atoms with van der Waals surface area (Å²) < 4.78 is 23.9. The molecule has 2 N–H and O–H groups in total. The average Bonchev–Trinajstić information content (AvgIpc) is 3.06. The smallest absolute Gasteiger partial charge is 0.246 e. The molecule has 2 aromatic carbocycles. The van der Waals surface area contributed by atoms with Crippen molar-refractivity contribution in [1.29, 1.82) is 0 Å². The van der Waals surface area contributed by atoms with Crippen LogP contribution in [0.2, 0.25) is 0 Å².